The van der Waals surface area contributed by atoms with Crippen LogP contribution >= 0.6 is 34.2 Å². The molecule has 4 rings (SSSR count). The zero-order valence-electron chi connectivity index (χ0n) is 16.8. The van der Waals surface area contributed by atoms with Crippen LogP contribution in [-0.2, 0) is 9.59 Å². The van der Waals surface area contributed by atoms with Crippen LogP contribution in [0.15, 0.2) is 83.5 Å². The van der Waals surface area contributed by atoms with Crippen molar-refractivity contribution in [2.24, 2.45) is 0 Å². The molecule has 0 atom stereocenters. The highest BCUT2D eigenvalue weighted by Gasteiger charge is 2.38. The van der Waals surface area contributed by atoms with Crippen LogP contribution in [0.25, 0.3) is 0 Å². The SMILES string of the molecule is Cc1cccc(N2C(=O)C(Cl)=C(Nc3ccc(C(=O)Oc4ccc(I)cc4)cc3)C2=O)c1. The number of imide groups is 1. The number of nitrogens with zero attached hydrogens (tertiary/aromatic N) is 1. The molecule has 0 radical (unpaired) electrons. The zero-order valence-corrected chi connectivity index (χ0v) is 19.7. The maximum absolute atomic E-state index is 12.9. The van der Waals surface area contributed by atoms with Crippen LogP contribution in [0.3, 0.4) is 0 Å². The molecular formula is C24H16ClIN2O4. The lowest BCUT2D eigenvalue weighted by Crippen LogP contribution is -2.32. The minimum atomic E-state index is -0.595. The molecule has 1 aliphatic rings. The van der Waals surface area contributed by atoms with Crippen molar-refractivity contribution in [1.29, 1.82) is 0 Å². The van der Waals surface area contributed by atoms with E-state index in [9.17, 15) is 14.4 Å². The van der Waals surface area contributed by atoms with Crippen LogP contribution < -0.4 is 15.0 Å². The molecular weight excluding hydrogens is 543 g/mol. The van der Waals surface area contributed by atoms with Gasteiger partial charge >= 0.3 is 5.97 Å². The molecule has 1 N–H and O–H groups in total. The Morgan fingerprint density at radius 1 is 0.969 bits per heavy atom. The van der Waals surface area contributed by atoms with Crippen LogP contribution in [0.1, 0.15) is 15.9 Å². The number of carbonyl (C=O) groups is 3. The number of benzene rings is 3. The number of hydrogen-bond acceptors (Lipinski definition) is 5. The van der Waals surface area contributed by atoms with E-state index in [2.05, 4.69) is 27.9 Å². The molecule has 2 amide bonds. The van der Waals surface area contributed by atoms with Crippen molar-refractivity contribution in [2.45, 2.75) is 6.92 Å². The second kappa shape index (κ2) is 9.13. The number of anilines is 2. The van der Waals surface area contributed by atoms with Crippen molar-refractivity contribution < 1.29 is 19.1 Å². The smallest absolute Gasteiger partial charge is 0.343 e. The lowest BCUT2D eigenvalue weighted by Gasteiger charge is -2.15. The molecule has 160 valence electrons. The highest BCUT2D eigenvalue weighted by atomic mass is 127. The van der Waals surface area contributed by atoms with Gasteiger partial charge in [-0.3, -0.25) is 9.59 Å². The molecule has 0 spiro atoms. The van der Waals surface area contributed by atoms with Gasteiger partial charge in [0.25, 0.3) is 11.8 Å². The Balaban J connectivity index is 1.48. The third-order valence-electron chi connectivity index (χ3n) is 4.70. The Hall–Kier alpha value is -3.17. The molecule has 0 bridgehead atoms. The van der Waals surface area contributed by atoms with Gasteiger partial charge in [-0.15, -0.1) is 0 Å². The second-order valence-electron chi connectivity index (χ2n) is 7.02. The monoisotopic (exact) mass is 558 g/mol. The third kappa shape index (κ3) is 4.53. The van der Waals surface area contributed by atoms with Crippen LogP contribution in [-0.4, -0.2) is 17.8 Å². The van der Waals surface area contributed by atoms with Gasteiger partial charge in [0.1, 0.15) is 16.5 Å². The number of ether oxygens (including phenoxy) is 1. The lowest BCUT2D eigenvalue weighted by molar-refractivity contribution is -0.120. The molecule has 3 aromatic carbocycles. The fourth-order valence-corrected chi connectivity index (χ4v) is 3.69. The minimum absolute atomic E-state index is 0.0209. The number of aryl methyl sites for hydroxylation is 1. The molecule has 0 fully saturated rings. The van der Waals surface area contributed by atoms with Gasteiger partial charge in [-0.2, -0.15) is 0 Å². The Kier molecular flexibility index (Phi) is 6.29. The van der Waals surface area contributed by atoms with E-state index in [1.807, 2.05) is 25.1 Å². The summed E-state index contributed by atoms with van der Waals surface area (Å²) in [6.07, 6.45) is 0. The molecule has 1 aliphatic heterocycles. The summed E-state index contributed by atoms with van der Waals surface area (Å²) in [6, 6.07) is 20.5. The predicted molar refractivity (Wildman–Crippen MR) is 131 cm³/mol. The molecule has 0 unspecified atom stereocenters. The zero-order chi connectivity index (χ0) is 22.8. The first-order chi connectivity index (χ1) is 15.3. The van der Waals surface area contributed by atoms with Gasteiger partial charge in [0.15, 0.2) is 0 Å². The third-order valence-corrected chi connectivity index (χ3v) is 5.77. The first-order valence-electron chi connectivity index (χ1n) is 9.53. The number of esters is 1. The summed E-state index contributed by atoms with van der Waals surface area (Å²) < 4.78 is 6.39. The fraction of sp³-hybridized carbons (Fsp3) is 0.0417. The van der Waals surface area contributed by atoms with Crippen molar-refractivity contribution in [3.05, 3.63) is 98.2 Å². The van der Waals surface area contributed by atoms with E-state index >= 15 is 0 Å². The Morgan fingerprint density at radius 2 is 1.66 bits per heavy atom. The van der Waals surface area contributed by atoms with Gasteiger partial charge in [0.05, 0.1) is 11.3 Å². The van der Waals surface area contributed by atoms with Crippen molar-refractivity contribution in [2.75, 3.05) is 10.2 Å². The second-order valence-corrected chi connectivity index (χ2v) is 8.64. The van der Waals surface area contributed by atoms with Gasteiger partial charge in [0, 0.05) is 9.26 Å². The first-order valence-corrected chi connectivity index (χ1v) is 11.0. The van der Waals surface area contributed by atoms with E-state index in [-0.39, 0.29) is 10.7 Å². The highest BCUT2D eigenvalue weighted by Crippen LogP contribution is 2.30. The molecule has 0 saturated carbocycles. The summed E-state index contributed by atoms with van der Waals surface area (Å²) in [4.78, 5) is 38.8. The average Bonchev–Trinajstić information content (AvgIpc) is 2.99. The quantitative estimate of drug-likeness (QED) is 0.200. The van der Waals surface area contributed by atoms with Crippen LogP contribution in [0.5, 0.6) is 5.75 Å². The normalized spacial score (nSPS) is 13.5. The molecule has 6 nitrogen and oxygen atoms in total. The summed E-state index contributed by atoms with van der Waals surface area (Å²) in [5, 5.41) is 2.69. The fourth-order valence-electron chi connectivity index (χ4n) is 3.12. The van der Waals surface area contributed by atoms with E-state index < -0.39 is 17.8 Å². The van der Waals surface area contributed by atoms with Crippen molar-refractivity contribution in [3.63, 3.8) is 0 Å². The summed E-state index contributed by atoms with van der Waals surface area (Å²) in [5.41, 5.74) is 2.17. The van der Waals surface area contributed by atoms with E-state index in [0.29, 0.717) is 22.7 Å². The van der Waals surface area contributed by atoms with Gasteiger partial charge in [-0.1, -0.05) is 23.7 Å². The van der Waals surface area contributed by atoms with Crippen molar-refractivity contribution >= 4 is 63.4 Å². The summed E-state index contributed by atoms with van der Waals surface area (Å²) >= 11 is 8.34. The van der Waals surface area contributed by atoms with E-state index in [1.165, 1.54) is 0 Å². The molecule has 32 heavy (non-hydrogen) atoms. The van der Waals surface area contributed by atoms with Crippen LogP contribution in [0.4, 0.5) is 11.4 Å². The van der Waals surface area contributed by atoms with Crippen LogP contribution in [0, 0.1) is 10.5 Å². The largest absolute Gasteiger partial charge is 0.423 e. The van der Waals surface area contributed by atoms with Crippen LogP contribution in [0.2, 0.25) is 0 Å². The summed E-state index contributed by atoms with van der Waals surface area (Å²) in [7, 11) is 0. The Labute approximate surface area is 203 Å². The number of hydrogen-bond donors (Lipinski definition) is 1. The van der Waals surface area contributed by atoms with Gasteiger partial charge in [-0.25, -0.2) is 9.69 Å². The number of rotatable bonds is 5. The number of halogens is 2. The van der Waals surface area contributed by atoms with Crippen molar-refractivity contribution in [3.8, 4) is 5.75 Å². The predicted octanol–water partition coefficient (Wildman–Crippen LogP) is 5.25. The average molecular weight is 559 g/mol. The Morgan fingerprint density at radius 3 is 2.31 bits per heavy atom. The topological polar surface area (TPSA) is 75.7 Å². The van der Waals surface area contributed by atoms with E-state index in [1.54, 1.807) is 54.6 Å². The number of carbonyl (C=O) groups excluding carboxylic acids is 3. The highest BCUT2D eigenvalue weighted by molar-refractivity contribution is 14.1. The standard InChI is InChI=1S/C24H16ClIN2O4/c1-14-3-2-4-18(13-14)28-22(29)20(25)21(23(28)30)27-17-9-5-15(6-10-17)24(31)32-19-11-7-16(26)8-12-19/h2-13,27H,1H3. The Bertz CT molecular complexity index is 1250. The van der Waals surface area contributed by atoms with Gasteiger partial charge in [0.2, 0.25) is 0 Å². The molecule has 0 aromatic heterocycles. The molecule has 8 heteroatoms. The molecule has 0 saturated heterocycles. The number of nitrogens with one attached hydrogen (secondary N) is 1. The molecule has 0 aliphatic carbocycles. The summed E-state index contributed by atoms with van der Waals surface area (Å²) in [6.45, 7) is 1.87. The lowest BCUT2D eigenvalue weighted by atomic mass is 10.2. The van der Waals surface area contributed by atoms with Gasteiger partial charge in [-0.05, 0) is 95.7 Å². The number of amides is 2. The minimum Gasteiger partial charge on any atom is -0.423 e. The van der Waals surface area contributed by atoms with E-state index in [0.717, 1.165) is 14.0 Å². The molecule has 1 heterocycles. The van der Waals surface area contributed by atoms with Crippen molar-refractivity contribution in [1.82, 2.24) is 0 Å². The van der Waals surface area contributed by atoms with Gasteiger partial charge < -0.3 is 10.1 Å². The maximum atomic E-state index is 12.9. The maximum Gasteiger partial charge on any atom is 0.343 e. The summed E-state index contributed by atoms with van der Waals surface area (Å²) in [5.74, 6) is -1.20. The van der Waals surface area contributed by atoms with E-state index in [4.69, 9.17) is 16.3 Å². The first kappa shape index (κ1) is 22.0. The molecule has 3 aromatic rings.